The zero-order chi connectivity index (χ0) is 13.2. The van der Waals surface area contributed by atoms with E-state index in [1.807, 2.05) is 55.5 Å². The molecular weight excluding hydrogens is 238 g/mol. The second-order valence-electron chi connectivity index (χ2n) is 4.37. The molecule has 0 unspecified atom stereocenters. The van der Waals surface area contributed by atoms with Crippen molar-refractivity contribution in [3.8, 4) is 17.1 Å². The lowest BCUT2D eigenvalue weighted by Crippen LogP contribution is -2.00. The van der Waals surface area contributed by atoms with Crippen LogP contribution in [0.1, 0.15) is 5.56 Å². The van der Waals surface area contributed by atoms with E-state index in [1.165, 1.54) is 4.80 Å². The maximum atomic E-state index is 5.83. The number of nitrogens with zero attached hydrogens (tertiary/aromatic N) is 4. The molecule has 1 heterocycles. The van der Waals surface area contributed by atoms with Gasteiger partial charge in [0.05, 0.1) is 5.69 Å². The van der Waals surface area contributed by atoms with Crippen LogP contribution in [0, 0.1) is 6.92 Å². The normalized spacial score (nSPS) is 10.6. The molecule has 0 fully saturated rings. The molecule has 3 aromatic rings. The molecule has 94 valence electrons. The number of nitrogens with two attached hydrogens (primary N) is 1. The second-order valence-corrected chi connectivity index (χ2v) is 4.37. The fourth-order valence-corrected chi connectivity index (χ4v) is 1.93. The number of anilines is 1. The smallest absolute Gasteiger partial charge is 0.205 e. The summed E-state index contributed by atoms with van der Waals surface area (Å²) in [5, 5.41) is 12.5. The molecule has 0 bridgehead atoms. The fraction of sp³-hybridized carbons (Fsp3) is 0.0714. The zero-order valence-electron chi connectivity index (χ0n) is 10.5. The first-order valence-electron chi connectivity index (χ1n) is 5.95. The molecule has 2 N–H and O–H groups in total. The number of hydrogen-bond donors (Lipinski definition) is 1. The average molecular weight is 251 g/mol. The SMILES string of the molecule is Cc1cc(N)cc(-n2nnc(-c3ccccc3)n2)c1. The van der Waals surface area contributed by atoms with Crippen LogP contribution in [-0.2, 0) is 0 Å². The van der Waals surface area contributed by atoms with Crippen LogP contribution in [-0.4, -0.2) is 20.2 Å². The molecule has 0 aliphatic heterocycles. The van der Waals surface area contributed by atoms with Crippen molar-refractivity contribution in [3.05, 3.63) is 54.1 Å². The lowest BCUT2D eigenvalue weighted by Gasteiger charge is -2.02. The van der Waals surface area contributed by atoms with Crippen LogP contribution in [0.3, 0.4) is 0 Å². The lowest BCUT2D eigenvalue weighted by atomic mass is 10.2. The number of aryl methyl sites for hydroxylation is 1. The standard InChI is InChI=1S/C14H13N5/c1-10-7-12(15)9-13(8-10)19-17-14(16-18-19)11-5-3-2-4-6-11/h2-9H,15H2,1H3. The largest absolute Gasteiger partial charge is 0.399 e. The molecule has 0 amide bonds. The molecule has 0 spiro atoms. The Hall–Kier alpha value is -2.69. The van der Waals surface area contributed by atoms with Gasteiger partial charge in [-0.3, -0.25) is 0 Å². The lowest BCUT2D eigenvalue weighted by molar-refractivity contribution is 0.720. The van der Waals surface area contributed by atoms with E-state index in [9.17, 15) is 0 Å². The average Bonchev–Trinajstić information content (AvgIpc) is 2.88. The van der Waals surface area contributed by atoms with Crippen LogP contribution in [0.25, 0.3) is 17.1 Å². The highest BCUT2D eigenvalue weighted by atomic mass is 15.6. The number of nitrogen functional groups attached to an aromatic ring is 1. The van der Waals surface area contributed by atoms with E-state index < -0.39 is 0 Å². The third-order valence-electron chi connectivity index (χ3n) is 2.76. The predicted molar refractivity (Wildman–Crippen MR) is 73.7 cm³/mol. The van der Waals surface area contributed by atoms with Crippen molar-refractivity contribution in [1.82, 2.24) is 20.2 Å². The van der Waals surface area contributed by atoms with E-state index in [0.717, 1.165) is 16.8 Å². The van der Waals surface area contributed by atoms with E-state index in [0.29, 0.717) is 11.5 Å². The first-order chi connectivity index (χ1) is 9.22. The molecule has 0 saturated heterocycles. The van der Waals surface area contributed by atoms with Crippen molar-refractivity contribution >= 4 is 5.69 Å². The zero-order valence-corrected chi connectivity index (χ0v) is 10.5. The Balaban J connectivity index is 2.02. The summed E-state index contributed by atoms with van der Waals surface area (Å²) in [5.74, 6) is 0.598. The first kappa shape index (κ1) is 11.4. The summed E-state index contributed by atoms with van der Waals surface area (Å²) in [4.78, 5) is 1.49. The van der Waals surface area contributed by atoms with Crippen molar-refractivity contribution < 1.29 is 0 Å². The van der Waals surface area contributed by atoms with Crippen LogP contribution in [0.15, 0.2) is 48.5 Å². The van der Waals surface area contributed by atoms with Gasteiger partial charge in [0, 0.05) is 11.3 Å². The highest BCUT2D eigenvalue weighted by molar-refractivity contribution is 5.54. The number of rotatable bonds is 2. The predicted octanol–water partition coefficient (Wildman–Crippen LogP) is 2.22. The molecule has 19 heavy (non-hydrogen) atoms. The van der Waals surface area contributed by atoms with E-state index in [2.05, 4.69) is 15.4 Å². The third-order valence-corrected chi connectivity index (χ3v) is 2.76. The topological polar surface area (TPSA) is 69.6 Å². The number of tetrazole rings is 1. The van der Waals surface area contributed by atoms with Crippen molar-refractivity contribution in [2.75, 3.05) is 5.73 Å². The van der Waals surface area contributed by atoms with Gasteiger partial charge in [-0.15, -0.1) is 15.0 Å². The van der Waals surface area contributed by atoms with E-state index in [-0.39, 0.29) is 0 Å². The summed E-state index contributed by atoms with van der Waals surface area (Å²) >= 11 is 0. The number of aromatic nitrogens is 4. The summed E-state index contributed by atoms with van der Waals surface area (Å²) in [6, 6.07) is 15.4. The summed E-state index contributed by atoms with van der Waals surface area (Å²) in [6.07, 6.45) is 0. The van der Waals surface area contributed by atoms with Gasteiger partial charge >= 0.3 is 0 Å². The Bertz CT molecular complexity index is 683. The van der Waals surface area contributed by atoms with Crippen LogP contribution >= 0.6 is 0 Å². The number of hydrogen-bond acceptors (Lipinski definition) is 4. The van der Waals surface area contributed by atoms with Crippen LogP contribution in [0.4, 0.5) is 5.69 Å². The van der Waals surface area contributed by atoms with Crippen LogP contribution < -0.4 is 5.73 Å². The molecule has 3 rings (SSSR count). The van der Waals surface area contributed by atoms with Gasteiger partial charge in [-0.2, -0.15) is 0 Å². The maximum absolute atomic E-state index is 5.83. The monoisotopic (exact) mass is 251 g/mol. The van der Waals surface area contributed by atoms with Gasteiger partial charge in [0.2, 0.25) is 5.82 Å². The summed E-state index contributed by atoms with van der Waals surface area (Å²) in [6.45, 7) is 1.98. The Morgan fingerprint density at radius 3 is 2.58 bits per heavy atom. The molecule has 0 atom stereocenters. The molecule has 0 aliphatic carbocycles. The van der Waals surface area contributed by atoms with E-state index in [1.54, 1.807) is 0 Å². The van der Waals surface area contributed by atoms with Crippen LogP contribution in [0.2, 0.25) is 0 Å². The molecule has 1 aromatic heterocycles. The highest BCUT2D eigenvalue weighted by Crippen LogP contribution is 2.16. The molecule has 0 saturated carbocycles. The summed E-state index contributed by atoms with van der Waals surface area (Å²) in [7, 11) is 0. The minimum atomic E-state index is 0.598. The minimum Gasteiger partial charge on any atom is -0.399 e. The van der Waals surface area contributed by atoms with Gasteiger partial charge in [-0.05, 0) is 35.9 Å². The van der Waals surface area contributed by atoms with Crippen LogP contribution in [0.5, 0.6) is 0 Å². The Labute approximate surface area is 110 Å². The summed E-state index contributed by atoms with van der Waals surface area (Å²) < 4.78 is 0. The van der Waals surface area contributed by atoms with Gasteiger partial charge in [0.15, 0.2) is 0 Å². The fourth-order valence-electron chi connectivity index (χ4n) is 1.93. The Morgan fingerprint density at radius 1 is 1.05 bits per heavy atom. The number of benzene rings is 2. The third kappa shape index (κ3) is 2.30. The molecule has 5 heteroatoms. The van der Waals surface area contributed by atoms with Gasteiger partial charge < -0.3 is 5.73 Å². The van der Waals surface area contributed by atoms with Gasteiger partial charge in [-0.1, -0.05) is 30.3 Å². The Morgan fingerprint density at radius 2 is 1.84 bits per heavy atom. The molecule has 2 aromatic carbocycles. The van der Waals surface area contributed by atoms with Gasteiger partial charge in [0.25, 0.3) is 0 Å². The first-order valence-corrected chi connectivity index (χ1v) is 5.95. The molecule has 0 aliphatic rings. The molecule has 0 radical (unpaired) electrons. The summed E-state index contributed by atoms with van der Waals surface area (Å²) in [5.41, 5.74) is 9.33. The minimum absolute atomic E-state index is 0.598. The Kier molecular flexibility index (Phi) is 2.72. The maximum Gasteiger partial charge on any atom is 0.205 e. The van der Waals surface area contributed by atoms with Gasteiger partial charge in [0.1, 0.15) is 0 Å². The van der Waals surface area contributed by atoms with Crippen molar-refractivity contribution in [3.63, 3.8) is 0 Å². The van der Waals surface area contributed by atoms with Crippen molar-refractivity contribution in [2.45, 2.75) is 6.92 Å². The quantitative estimate of drug-likeness (QED) is 0.709. The van der Waals surface area contributed by atoms with E-state index >= 15 is 0 Å². The highest BCUT2D eigenvalue weighted by Gasteiger charge is 2.07. The van der Waals surface area contributed by atoms with E-state index in [4.69, 9.17) is 5.73 Å². The van der Waals surface area contributed by atoms with Crippen molar-refractivity contribution in [1.29, 1.82) is 0 Å². The molecular formula is C14H13N5. The van der Waals surface area contributed by atoms with Gasteiger partial charge in [-0.25, -0.2) is 0 Å². The molecule has 5 nitrogen and oxygen atoms in total. The second kappa shape index (κ2) is 4.53. The van der Waals surface area contributed by atoms with Crippen molar-refractivity contribution in [2.24, 2.45) is 0 Å².